The number of nitrogens with one attached hydrogen (secondary N) is 2. The summed E-state index contributed by atoms with van der Waals surface area (Å²) in [7, 11) is 0. The van der Waals surface area contributed by atoms with Crippen molar-refractivity contribution in [2.75, 3.05) is 23.8 Å². The molecule has 0 radical (unpaired) electrons. The van der Waals surface area contributed by atoms with E-state index in [1.807, 2.05) is 51.1 Å². The van der Waals surface area contributed by atoms with E-state index < -0.39 is 5.54 Å². The van der Waals surface area contributed by atoms with Crippen molar-refractivity contribution < 1.29 is 14.4 Å². The summed E-state index contributed by atoms with van der Waals surface area (Å²) in [5.74, 6) is 1.50. The first-order chi connectivity index (χ1) is 17.8. The fraction of sp³-hybridized carbons (Fsp3) is 0.308. The first-order valence-corrected chi connectivity index (χ1v) is 12.0. The van der Waals surface area contributed by atoms with Crippen LogP contribution in [-0.4, -0.2) is 54.2 Å². The summed E-state index contributed by atoms with van der Waals surface area (Å²) in [4.78, 5) is 32.4. The summed E-state index contributed by atoms with van der Waals surface area (Å²) in [5.41, 5.74) is 2.74. The number of nitrogens with zero attached hydrogens (tertiary/aromatic N) is 6. The van der Waals surface area contributed by atoms with Gasteiger partial charge in [0.2, 0.25) is 5.95 Å². The number of hydrogen-bond donors (Lipinski definition) is 3. The Morgan fingerprint density at radius 1 is 1.11 bits per heavy atom. The van der Waals surface area contributed by atoms with E-state index in [1.54, 1.807) is 30.3 Å². The second kappa shape index (κ2) is 9.58. The van der Waals surface area contributed by atoms with Crippen molar-refractivity contribution in [2.45, 2.75) is 39.3 Å². The molecule has 1 amide bonds. The van der Waals surface area contributed by atoms with Gasteiger partial charge in [-0.2, -0.15) is 4.98 Å². The fourth-order valence-electron chi connectivity index (χ4n) is 4.57. The van der Waals surface area contributed by atoms with Gasteiger partial charge in [-0.25, -0.2) is 15.0 Å². The number of rotatable bonds is 8. The molecule has 0 aliphatic carbocycles. The Kier molecular flexibility index (Phi) is 6.30. The first kappa shape index (κ1) is 24.3. The molecule has 1 aliphatic heterocycles. The lowest BCUT2D eigenvalue weighted by Crippen LogP contribution is -2.39. The molecule has 0 spiro atoms. The van der Waals surface area contributed by atoms with Crippen molar-refractivity contribution >= 4 is 23.4 Å². The molecule has 0 fully saturated rings. The number of aromatic nitrogens is 5. The maximum absolute atomic E-state index is 12.7. The predicted molar refractivity (Wildman–Crippen MR) is 137 cm³/mol. The Morgan fingerprint density at radius 3 is 2.54 bits per heavy atom. The monoisotopic (exact) mass is 500 g/mol. The van der Waals surface area contributed by atoms with Gasteiger partial charge in [-0.1, -0.05) is 35.5 Å². The zero-order chi connectivity index (χ0) is 26.2. The van der Waals surface area contributed by atoms with Crippen molar-refractivity contribution in [1.82, 2.24) is 30.0 Å². The van der Waals surface area contributed by atoms with Gasteiger partial charge in [0, 0.05) is 25.0 Å². The number of amides is 1. The van der Waals surface area contributed by atoms with Gasteiger partial charge in [-0.05, 0) is 33.3 Å². The number of fused-ring (bicyclic) bond motifs is 1. The summed E-state index contributed by atoms with van der Waals surface area (Å²) >= 11 is 0. The number of carbonyl (C=O) groups is 1. The molecule has 3 aromatic heterocycles. The molecule has 0 saturated carbocycles. The number of carbonyl (C=O) groups excluding carboxylic acids is 1. The van der Waals surface area contributed by atoms with Crippen LogP contribution in [0.15, 0.2) is 53.3 Å². The number of anilines is 3. The topological polar surface area (TPSA) is 142 Å². The Bertz CT molecular complexity index is 1440. The largest absolute Gasteiger partial charge is 0.394 e. The van der Waals surface area contributed by atoms with Crippen molar-refractivity contribution in [2.24, 2.45) is 0 Å². The van der Waals surface area contributed by atoms with Crippen LogP contribution in [0.25, 0.3) is 11.5 Å². The second-order valence-corrected chi connectivity index (χ2v) is 9.24. The fourth-order valence-corrected chi connectivity index (χ4v) is 4.57. The molecule has 11 nitrogen and oxygen atoms in total. The molecule has 5 rings (SSSR count). The van der Waals surface area contributed by atoms with Crippen molar-refractivity contribution in [3.05, 3.63) is 71.4 Å². The van der Waals surface area contributed by atoms with E-state index in [4.69, 9.17) is 4.52 Å². The number of benzene rings is 1. The second-order valence-electron chi connectivity index (χ2n) is 9.24. The molecule has 0 bridgehead atoms. The van der Waals surface area contributed by atoms with Gasteiger partial charge in [-0.15, -0.1) is 0 Å². The lowest BCUT2D eigenvalue weighted by molar-refractivity contribution is 0.0631. The molecule has 190 valence electrons. The lowest BCUT2D eigenvalue weighted by Gasteiger charge is -2.30. The summed E-state index contributed by atoms with van der Waals surface area (Å²) in [6.07, 6.45) is 3.16. The van der Waals surface area contributed by atoms with E-state index in [1.165, 1.54) is 0 Å². The van der Waals surface area contributed by atoms with Gasteiger partial charge in [-0.3, -0.25) is 4.79 Å². The highest BCUT2D eigenvalue weighted by Crippen LogP contribution is 2.37. The van der Waals surface area contributed by atoms with Crippen molar-refractivity contribution in [3.63, 3.8) is 0 Å². The van der Waals surface area contributed by atoms with E-state index in [2.05, 4.69) is 35.7 Å². The minimum atomic E-state index is -0.551. The van der Waals surface area contributed by atoms with E-state index in [0.717, 1.165) is 5.56 Å². The highest BCUT2D eigenvalue weighted by Gasteiger charge is 2.44. The molecule has 37 heavy (non-hydrogen) atoms. The van der Waals surface area contributed by atoms with Crippen molar-refractivity contribution in [1.29, 1.82) is 0 Å². The third-order valence-electron chi connectivity index (χ3n) is 6.45. The molecule has 3 N–H and O–H groups in total. The van der Waals surface area contributed by atoms with Crippen LogP contribution in [0.4, 0.5) is 17.5 Å². The van der Waals surface area contributed by atoms with Crippen LogP contribution in [0.1, 0.15) is 54.3 Å². The van der Waals surface area contributed by atoms with Crippen LogP contribution in [-0.2, 0) is 5.54 Å². The quantitative estimate of drug-likeness (QED) is 0.327. The molecule has 0 saturated heterocycles. The molecular formula is C26H28N8O3. The Balaban J connectivity index is 1.49. The average molecular weight is 501 g/mol. The standard InChI is InChI=1S/C26H28N8O3/c1-5-34-24(36)18-13-28-25(32-22(18)26(34,3)4)31-21-11-19(17(12-27-21)23-29-15(2)33-37-23)30-20(14-35)16-9-7-6-8-10-16/h6-13,20,35H,5,14H2,1-4H3,(H2,27,28,30,31,32)/t20-/m1/s1. The maximum Gasteiger partial charge on any atom is 0.261 e. The predicted octanol–water partition coefficient (Wildman–Crippen LogP) is 3.83. The van der Waals surface area contributed by atoms with E-state index >= 15 is 0 Å². The van der Waals surface area contributed by atoms with Gasteiger partial charge in [0.1, 0.15) is 5.82 Å². The van der Waals surface area contributed by atoms with Crippen LogP contribution < -0.4 is 10.6 Å². The molecule has 11 heteroatoms. The summed E-state index contributed by atoms with van der Waals surface area (Å²) in [6.45, 7) is 8.06. The van der Waals surface area contributed by atoms with Crippen LogP contribution in [0.2, 0.25) is 0 Å². The molecule has 4 aromatic rings. The summed E-state index contributed by atoms with van der Waals surface area (Å²) in [6, 6.07) is 11.0. The molecular weight excluding hydrogens is 472 g/mol. The van der Waals surface area contributed by atoms with Gasteiger partial charge in [0.15, 0.2) is 5.82 Å². The Labute approximate surface area is 214 Å². The van der Waals surface area contributed by atoms with E-state index in [-0.39, 0.29) is 18.6 Å². The number of aliphatic hydroxyl groups is 1. The van der Waals surface area contributed by atoms with Crippen LogP contribution in [0.5, 0.6) is 0 Å². The van der Waals surface area contributed by atoms with Gasteiger partial charge in [0.25, 0.3) is 11.8 Å². The number of aliphatic hydroxyl groups excluding tert-OH is 1. The normalized spacial score (nSPS) is 14.9. The Morgan fingerprint density at radius 2 is 1.86 bits per heavy atom. The van der Waals surface area contributed by atoms with Crippen LogP contribution in [0.3, 0.4) is 0 Å². The first-order valence-electron chi connectivity index (χ1n) is 12.0. The van der Waals surface area contributed by atoms with Gasteiger partial charge in [0.05, 0.1) is 40.7 Å². The highest BCUT2D eigenvalue weighted by atomic mass is 16.5. The molecule has 1 atom stereocenters. The van der Waals surface area contributed by atoms with E-state index in [9.17, 15) is 9.90 Å². The number of pyridine rings is 1. The summed E-state index contributed by atoms with van der Waals surface area (Å²) < 4.78 is 5.39. The van der Waals surface area contributed by atoms with Gasteiger partial charge >= 0.3 is 0 Å². The van der Waals surface area contributed by atoms with Gasteiger partial charge < -0.3 is 25.2 Å². The van der Waals surface area contributed by atoms with Crippen molar-refractivity contribution in [3.8, 4) is 11.5 Å². The molecule has 1 aromatic carbocycles. The zero-order valence-corrected chi connectivity index (χ0v) is 21.1. The minimum Gasteiger partial charge on any atom is -0.394 e. The van der Waals surface area contributed by atoms with E-state index in [0.29, 0.717) is 52.5 Å². The minimum absolute atomic E-state index is 0.0752. The maximum atomic E-state index is 12.7. The lowest BCUT2D eigenvalue weighted by atomic mass is 10.0. The molecule has 4 heterocycles. The zero-order valence-electron chi connectivity index (χ0n) is 21.1. The third kappa shape index (κ3) is 4.49. The number of aryl methyl sites for hydroxylation is 1. The Hall–Kier alpha value is -4.38. The average Bonchev–Trinajstić information content (AvgIpc) is 3.41. The summed E-state index contributed by atoms with van der Waals surface area (Å²) in [5, 5.41) is 20.5. The molecule has 0 unspecified atom stereocenters. The smallest absolute Gasteiger partial charge is 0.261 e. The van der Waals surface area contributed by atoms with Crippen LogP contribution in [0, 0.1) is 6.92 Å². The number of hydrogen-bond acceptors (Lipinski definition) is 10. The van der Waals surface area contributed by atoms with Crippen LogP contribution >= 0.6 is 0 Å². The highest BCUT2D eigenvalue weighted by molar-refractivity contribution is 5.99. The third-order valence-corrected chi connectivity index (χ3v) is 6.45. The SMILES string of the molecule is CCN1C(=O)c2cnc(Nc3cc(N[C@H](CO)c4ccccc4)c(-c4nc(C)no4)cn3)nc2C1(C)C. The molecule has 1 aliphatic rings.